The maximum Gasteiger partial charge on any atom is 0.420 e. The van der Waals surface area contributed by atoms with Gasteiger partial charge in [0.15, 0.2) is 5.82 Å². The lowest BCUT2D eigenvalue weighted by atomic mass is 10.0. The number of carbonyl (C=O) groups is 1. The molecule has 4 rings (SSSR count). The monoisotopic (exact) mass is 578 g/mol. The van der Waals surface area contributed by atoms with Gasteiger partial charge >= 0.3 is 6.09 Å². The van der Waals surface area contributed by atoms with Crippen LogP contribution in [0.25, 0.3) is 10.9 Å². The van der Waals surface area contributed by atoms with E-state index in [2.05, 4.69) is 38.7 Å². The van der Waals surface area contributed by atoms with Crippen LogP contribution in [0.1, 0.15) is 45.7 Å². The van der Waals surface area contributed by atoms with Gasteiger partial charge in [-0.05, 0) is 72.4 Å². The van der Waals surface area contributed by atoms with Gasteiger partial charge in [0.2, 0.25) is 0 Å². The third kappa shape index (κ3) is 6.93. The van der Waals surface area contributed by atoms with Crippen molar-refractivity contribution in [2.24, 2.45) is 0 Å². The Labute approximate surface area is 245 Å². The molecule has 2 aromatic carbocycles. The number of aromatic nitrogens is 2. The highest BCUT2D eigenvalue weighted by Gasteiger charge is 2.30. The number of benzene rings is 2. The second-order valence-electron chi connectivity index (χ2n) is 11.7. The molecule has 3 aromatic rings. The van der Waals surface area contributed by atoms with Crippen molar-refractivity contribution >= 4 is 45.8 Å². The third-order valence-corrected chi connectivity index (χ3v) is 7.33. The highest BCUT2D eigenvalue weighted by molar-refractivity contribution is 6.31. The summed E-state index contributed by atoms with van der Waals surface area (Å²) in [6.45, 7) is 14.7. The van der Waals surface area contributed by atoms with E-state index in [1.807, 2.05) is 20.8 Å². The Morgan fingerprint density at radius 2 is 1.78 bits per heavy atom. The maximum absolute atomic E-state index is 13.5. The van der Waals surface area contributed by atoms with Crippen molar-refractivity contribution in [3.63, 3.8) is 0 Å². The molecule has 0 radical (unpaired) electrons. The van der Waals surface area contributed by atoms with Crippen molar-refractivity contribution in [3.8, 4) is 11.8 Å². The molecule has 1 aliphatic rings. The zero-order valence-electron chi connectivity index (χ0n) is 24.5. The van der Waals surface area contributed by atoms with E-state index in [1.165, 1.54) is 17.3 Å². The van der Waals surface area contributed by atoms with Crippen LogP contribution in [0.5, 0.6) is 0 Å². The number of halogens is 1. The third-order valence-electron chi connectivity index (χ3n) is 6.93. The number of ether oxygens (including phenoxy) is 1. The maximum atomic E-state index is 13.5. The van der Waals surface area contributed by atoms with E-state index in [4.69, 9.17) is 16.3 Å². The minimum Gasteiger partial charge on any atom is -0.443 e. The predicted molar refractivity (Wildman–Crippen MR) is 161 cm³/mol. The summed E-state index contributed by atoms with van der Waals surface area (Å²) in [5.41, 5.74) is 0.351. The number of anilines is 2. The Balaban J connectivity index is 1.84. The molecule has 1 saturated heterocycles. The lowest BCUT2D eigenvalue weighted by Gasteiger charge is -2.40. The number of nitrogens with zero attached hydrogens (tertiary/aromatic N) is 6. The fourth-order valence-electron chi connectivity index (χ4n) is 4.51. The summed E-state index contributed by atoms with van der Waals surface area (Å²) in [4.78, 5) is 39.8. The average Bonchev–Trinajstić information content (AvgIpc) is 2.88. The summed E-state index contributed by atoms with van der Waals surface area (Å²) < 4.78 is 5.69. The van der Waals surface area contributed by atoms with E-state index >= 15 is 0 Å². The van der Waals surface area contributed by atoms with Gasteiger partial charge in [-0.25, -0.2) is 19.7 Å². The molecule has 0 atom stereocenters. The number of rotatable bonds is 4. The van der Waals surface area contributed by atoms with E-state index in [0.717, 1.165) is 31.7 Å². The first-order chi connectivity index (χ1) is 19.2. The molecule has 10 nitrogen and oxygen atoms in total. The topological polar surface area (TPSA) is 105 Å². The Bertz CT molecular complexity index is 1550. The predicted octanol–water partition coefficient (Wildman–Crippen LogP) is 5.95. The normalized spacial score (nSPS) is 14.8. The van der Waals surface area contributed by atoms with Gasteiger partial charge < -0.3 is 9.64 Å². The fraction of sp³-hybridized carbons (Fsp3) is 0.433. The van der Waals surface area contributed by atoms with Crippen LogP contribution in [0.2, 0.25) is 5.02 Å². The van der Waals surface area contributed by atoms with Crippen LogP contribution >= 0.6 is 11.6 Å². The van der Waals surface area contributed by atoms with Crippen LogP contribution in [-0.2, 0) is 4.74 Å². The first-order valence-electron chi connectivity index (χ1n) is 13.4. The standard InChI is InChI=1S/C30H35ClN6O4/c1-20-8-9-22(17-24(20)31)36(28(38)41-29(2,3)4)27-23-18-26(37(39)40)21(16-25(23)32-19-33-27)10-11-30(5,6)35-14-12-34(7)13-15-35/h8-9,16-19H,12-15H2,1-7H3. The summed E-state index contributed by atoms with van der Waals surface area (Å²) in [7, 11) is 2.09. The van der Waals surface area contributed by atoms with Crippen LogP contribution in [0.4, 0.5) is 22.0 Å². The van der Waals surface area contributed by atoms with E-state index in [1.54, 1.807) is 45.0 Å². The zero-order valence-corrected chi connectivity index (χ0v) is 25.2. The van der Waals surface area contributed by atoms with Gasteiger partial charge in [0.05, 0.1) is 27.1 Å². The van der Waals surface area contributed by atoms with Gasteiger partial charge in [-0.3, -0.25) is 15.0 Å². The number of fused-ring (bicyclic) bond motifs is 1. The number of aryl methyl sites for hydroxylation is 1. The molecule has 0 bridgehead atoms. The molecule has 2 heterocycles. The van der Waals surface area contributed by atoms with E-state index < -0.39 is 22.2 Å². The molecule has 1 aliphatic heterocycles. The van der Waals surface area contributed by atoms with Crippen molar-refractivity contribution in [3.05, 3.63) is 62.9 Å². The average molecular weight is 579 g/mol. The van der Waals surface area contributed by atoms with Crippen LogP contribution in [0.15, 0.2) is 36.7 Å². The molecule has 0 spiro atoms. The molecule has 0 unspecified atom stereocenters. The largest absolute Gasteiger partial charge is 0.443 e. The summed E-state index contributed by atoms with van der Waals surface area (Å²) in [5.74, 6) is 6.43. The number of nitro groups is 1. The van der Waals surface area contributed by atoms with Crippen molar-refractivity contribution < 1.29 is 14.5 Å². The molecule has 0 aliphatic carbocycles. The highest BCUT2D eigenvalue weighted by atomic mass is 35.5. The van der Waals surface area contributed by atoms with E-state index in [0.29, 0.717) is 21.6 Å². The van der Waals surface area contributed by atoms with E-state index in [-0.39, 0.29) is 17.1 Å². The van der Waals surface area contributed by atoms with E-state index in [9.17, 15) is 14.9 Å². The van der Waals surface area contributed by atoms with Crippen LogP contribution < -0.4 is 4.90 Å². The lowest BCUT2D eigenvalue weighted by molar-refractivity contribution is -0.385. The number of hydrogen-bond donors (Lipinski definition) is 0. The first kappa shape index (κ1) is 30.2. The molecule has 1 fully saturated rings. The minimum absolute atomic E-state index is 0.129. The molecule has 0 N–H and O–H groups in total. The first-order valence-corrected chi connectivity index (χ1v) is 13.7. The van der Waals surface area contributed by atoms with Gasteiger partial charge in [-0.1, -0.05) is 29.5 Å². The Hall–Kier alpha value is -3.78. The zero-order chi connectivity index (χ0) is 30.1. The molecule has 41 heavy (non-hydrogen) atoms. The van der Waals surface area contributed by atoms with Gasteiger partial charge in [-0.2, -0.15) is 0 Å². The summed E-state index contributed by atoms with van der Waals surface area (Å²) >= 11 is 6.40. The molecule has 1 aromatic heterocycles. The second kappa shape index (κ2) is 11.6. The number of carbonyl (C=O) groups excluding carboxylic acids is 1. The smallest absolute Gasteiger partial charge is 0.420 e. The van der Waals surface area contributed by atoms with Crippen molar-refractivity contribution in [1.82, 2.24) is 19.8 Å². The van der Waals surface area contributed by atoms with Gasteiger partial charge in [-0.15, -0.1) is 0 Å². The van der Waals surface area contributed by atoms with Gasteiger partial charge in [0.1, 0.15) is 17.5 Å². The van der Waals surface area contributed by atoms with Gasteiger partial charge in [0, 0.05) is 37.3 Å². The Morgan fingerprint density at radius 1 is 1.10 bits per heavy atom. The number of likely N-dealkylation sites (N-methyl/N-ethyl adjacent to an activating group) is 1. The number of amides is 1. The molecular weight excluding hydrogens is 544 g/mol. The van der Waals surface area contributed by atoms with Crippen LogP contribution in [0.3, 0.4) is 0 Å². The van der Waals surface area contributed by atoms with Crippen LogP contribution in [-0.4, -0.2) is 75.2 Å². The number of piperazine rings is 1. The van der Waals surface area contributed by atoms with Crippen molar-refractivity contribution in [2.75, 3.05) is 38.1 Å². The lowest BCUT2D eigenvalue weighted by Crippen LogP contribution is -2.53. The summed E-state index contributed by atoms with van der Waals surface area (Å²) in [6.07, 6.45) is 0.597. The highest BCUT2D eigenvalue weighted by Crippen LogP contribution is 2.36. The SMILES string of the molecule is Cc1ccc(N(C(=O)OC(C)(C)C)c2ncnc3cc(C#CC(C)(C)N4CCN(C)CC4)c([N+](=O)[O-])cc23)cc1Cl. The van der Waals surface area contributed by atoms with Crippen molar-refractivity contribution in [1.29, 1.82) is 0 Å². The molecule has 216 valence electrons. The Kier molecular flexibility index (Phi) is 8.54. The summed E-state index contributed by atoms with van der Waals surface area (Å²) in [6, 6.07) is 8.06. The van der Waals surface area contributed by atoms with Crippen LogP contribution in [0, 0.1) is 28.9 Å². The molecule has 11 heteroatoms. The number of nitro benzene ring substituents is 1. The molecular formula is C30H35ClN6O4. The second-order valence-corrected chi connectivity index (χ2v) is 12.1. The quantitative estimate of drug-likeness (QED) is 0.212. The molecule has 1 amide bonds. The number of hydrogen-bond acceptors (Lipinski definition) is 8. The fourth-order valence-corrected chi connectivity index (χ4v) is 4.69. The van der Waals surface area contributed by atoms with Gasteiger partial charge in [0.25, 0.3) is 5.69 Å². The Morgan fingerprint density at radius 3 is 2.39 bits per heavy atom. The molecule has 0 saturated carbocycles. The minimum atomic E-state index is -0.808. The van der Waals surface area contributed by atoms with Crippen molar-refractivity contribution in [2.45, 2.75) is 52.7 Å². The summed E-state index contributed by atoms with van der Waals surface area (Å²) in [5, 5.41) is 13.0.